The number of carboxylic acid groups (broad SMARTS) is 1. The van der Waals surface area contributed by atoms with Crippen molar-refractivity contribution in [2.24, 2.45) is 5.73 Å². The Bertz CT molecular complexity index is 1240. The largest absolute Gasteiger partial charge is 0.494 e. The molecule has 0 aliphatic heterocycles. The topological polar surface area (TPSA) is 245 Å². The van der Waals surface area contributed by atoms with E-state index < -0.39 is 42.7 Å². The summed E-state index contributed by atoms with van der Waals surface area (Å²) in [6.45, 7) is -0.202. The summed E-state index contributed by atoms with van der Waals surface area (Å²) in [5.74, 6) is -3.53. The molecule has 0 spiro atoms. The van der Waals surface area contributed by atoms with Crippen molar-refractivity contribution in [3.63, 3.8) is 0 Å². The van der Waals surface area contributed by atoms with Crippen molar-refractivity contribution in [2.45, 2.75) is 25.3 Å². The number of hydrogen-bond acceptors (Lipinski definition) is 8. The first-order chi connectivity index (χ1) is 19.6. The third-order valence-corrected chi connectivity index (χ3v) is 5.22. The van der Waals surface area contributed by atoms with Gasteiger partial charge < -0.3 is 47.3 Å². The van der Waals surface area contributed by atoms with Gasteiger partial charge >= 0.3 is 5.97 Å². The van der Waals surface area contributed by atoms with Crippen LogP contribution in [0.3, 0.4) is 0 Å². The lowest BCUT2D eigenvalue weighted by molar-refractivity contribution is -0.139. The number of guanidine groups is 1. The van der Waals surface area contributed by atoms with E-state index in [0.29, 0.717) is 23.5 Å². The average molecular weight is 572 g/mol. The van der Waals surface area contributed by atoms with Gasteiger partial charge in [0, 0.05) is 29.9 Å². The Morgan fingerprint density at radius 2 is 1.68 bits per heavy atom. The minimum Gasteiger partial charge on any atom is -0.494 e. The van der Waals surface area contributed by atoms with E-state index in [2.05, 4.69) is 26.6 Å². The zero-order chi connectivity index (χ0) is 30.2. The molecule has 4 amide bonds. The van der Waals surface area contributed by atoms with Gasteiger partial charge in [-0.3, -0.25) is 29.4 Å². The third-order valence-electron chi connectivity index (χ3n) is 5.22. The highest BCUT2D eigenvalue weighted by molar-refractivity contribution is 6.01. The minimum absolute atomic E-state index is 0.134. The van der Waals surface area contributed by atoms with Crippen LogP contribution < -0.4 is 37.1 Å². The fraction of sp³-hybridized carbons (Fsp3) is 0.308. The molecule has 0 saturated heterocycles. The lowest BCUT2D eigenvalue weighted by atomic mass is 10.1. The van der Waals surface area contributed by atoms with Gasteiger partial charge in [0.05, 0.1) is 26.2 Å². The molecule has 0 bridgehead atoms. The van der Waals surface area contributed by atoms with Gasteiger partial charge in [0.25, 0.3) is 5.91 Å². The summed E-state index contributed by atoms with van der Waals surface area (Å²) in [5, 5.41) is 37.4. The summed E-state index contributed by atoms with van der Waals surface area (Å²) in [7, 11) is 0. The van der Waals surface area contributed by atoms with Gasteiger partial charge in [0.1, 0.15) is 11.8 Å². The van der Waals surface area contributed by atoms with E-state index >= 15 is 0 Å². The molecule has 0 heterocycles. The van der Waals surface area contributed by atoms with Gasteiger partial charge in [-0.05, 0) is 48.9 Å². The Kier molecular flexibility index (Phi) is 13.1. The van der Waals surface area contributed by atoms with Gasteiger partial charge in [0.2, 0.25) is 17.7 Å². The number of benzene rings is 2. The van der Waals surface area contributed by atoms with Crippen molar-refractivity contribution in [3.8, 4) is 5.75 Å². The predicted molar refractivity (Wildman–Crippen MR) is 148 cm³/mol. The maximum absolute atomic E-state index is 12.7. The summed E-state index contributed by atoms with van der Waals surface area (Å²) in [6, 6.07) is 10.8. The fourth-order valence-electron chi connectivity index (χ4n) is 3.36. The van der Waals surface area contributed by atoms with Gasteiger partial charge in [-0.2, -0.15) is 0 Å². The molecule has 2 aromatic rings. The summed E-state index contributed by atoms with van der Waals surface area (Å²) in [6.07, 6.45) is -0.00607. The quantitative estimate of drug-likeness (QED) is 0.0716. The second-order valence-electron chi connectivity index (χ2n) is 8.56. The summed E-state index contributed by atoms with van der Waals surface area (Å²) in [4.78, 5) is 60.3. The monoisotopic (exact) mass is 571 g/mol. The van der Waals surface area contributed by atoms with Crippen molar-refractivity contribution < 1.29 is 38.9 Å². The maximum Gasteiger partial charge on any atom is 0.305 e. The molecule has 15 heteroatoms. The van der Waals surface area contributed by atoms with Crippen molar-refractivity contribution in [1.82, 2.24) is 16.0 Å². The number of nitrogens with two attached hydrogens (primary N) is 1. The molecule has 0 radical (unpaired) electrons. The molecular formula is C26H33N7O8. The average Bonchev–Trinajstić information content (AvgIpc) is 2.93. The maximum atomic E-state index is 12.7. The Hall–Kier alpha value is -5.18. The molecule has 41 heavy (non-hydrogen) atoms. The summed E-state index contributed by atoms with van der Waals surface area (Å²) < 4.78 is 5.55. The van der Waals surface area contributed by atoms with Crippen LogP contribution in [0.15, 0.2) is 48.5 Å². The molecule has 1 atom stereocenters. The molecule has 2 aromatic carbocycles. The molecule has 220 valence electrons. The molecule has 0 aliphatic rings. The zero-order valence-electron chi connectivity index (χ0n) is 22.1. The second-order valence-corrected chi connectivity index (χ2v) is 8.56. The number of rotatable bonds is 16. The number of hydrogen-bond donors (Lipinski definition) is 9. The van der Waals surface area contributed by atoms with E-state index in [4.69, 9.17) is 21.0 Å². The Balaban J connectivity index is 1.86. The number of carbonyl (C=O) groups is 5. The first-order valence-corrected chi connectivity index (χ1v) is 12.5. The van der Waals surface area contributed by atoms with E-state index in [-0.39, 0.29) is 43.6 Å². The van der Waals surface area contributed by atoms with Crippen LogP contribution >= 0.6 is 0 Å². The van der Waals surface area contributed by atoms with Crippen LogP contribution in [-0.2, 0) is 19.2 Å². The summed E-state index contributed by atoms with van der Waals surface area (Å²) >= 11 is 0. The molecule has 2 rings (SSSR count). The smallest absolute Gasteiger partial charge is 0.305 e. The molecule has 0 aromatic heterocycles. The highest BCUT2D eigenvalue weighted by atomic mass is 16.5. The third kappa shape index (κ3) is 12.5. The fourth-order valence-corrected chi connectivity index (χ4v) is 3.36. The van der Waals surface area contributed by atoms with Crippen LogP contribution in [0.1, 0.15) is 29.6 Å². The Labute approximate surface area is 235 Å². The van der Waals surface area contributed by atoms with Crippen LogP contribution in [0, 0.1) is 5.41 Å². The second kappa shape index (κ2) is 16.7. The zero-order valence-corrected chi connectivity index (χ0v) is 22.1. The van der Waals surface area contributed by atoms with E-state index in [1.54, 1.807) is 24.3 Å². The highest BCUT2D eigenvalue weighted by Gasteiger charge is 2.24. The van der Waals surface area contributed by atoms with Crippen LogP contribution in [-0.4, -0.2) is 78.1 Å². The molecule has 10 N–H and O–H groups in total. The van der Waals surface area contributed by atoms with E-state index in [1.807, 2.05) is 0 Å². The SMILES string of the molecule is N=C(N)Nc1cccc(C(=O)NCC(=O)N[C@@H](CC(=O)O)C(=O)Nc2ccc(OCCCC(=O)NCCO)cc2)c1. The first kappa shape index (κ1) is 32.0. The highest BCUT2D eigenvalue weighted by Crippen LogP contribution is 2.16. The van der Waals surface area contributed by atoms with Crippen molar-refractivity contribution in [3.05, 3.63) is 54.1 Å². The van der Waals surface area contributed by atoms with Crippen LogP contribution in [0.25, 0.3) is 0 Å². The Morgan fingerprint density at radius 1 is 0.951 bits per heavy atom. The number of carboxylic acids is 1. The van der Waals surface area contributed by atoms with Crippen molar-refractivity contribution in [2.75, 3.05) is 36.9 Å². The molecule has 0 saturated carbocycles. The normalized spacial score (nSPS) is 11.0. The lowest BCUT2D eigenvalue weighted by Gasteiger charge is -2.17. The number of aliphatic carboxylic acids is 1. The summed E-state index contributed by atoms with van der Waals surface area (Å²) in [5.41, 5.74) is 6.17. The predicted octanol–water partition coefficient (Wildman–Crippen LogP) is -0.413. The number of anilines is 2. The Morgan fingerprint density at radius 3 is 2.34 bits per heavy atom. The lowest BCUT2D eigenvalue weighted by Crippen LogP contribution is -2.48. The van der Waals surface area contributed by atoms with Crippen molar-refractivity contribution in [1.29, 1.82) is 5.41 Å². The van der Waals surface area contributed by atoms with Crippen LogP contribution in [0.2, 0.25) is 0 Å². The number of ether oxygens (including phenoxy) is 1. The molecule has 15 nitrogen and oxygen atoms in total. The van der Waals surface area contributed by atoms with Gasteiger partial charge in [-0.15, -0.1) is 0 Å². The number of aliphatic hydroxyl groups excluding tert-OH is 1. The van der Waals surface area contributed by atoms with Crippen LogP contribution in [0.5, 0.6) is 5.75 Å². The van der Waals surface area contributed by atoms with Gasteiger partial charge in [-0.25, -0.2) is 0 Å². The van der Waals surface area contributed by atoms with Gasteiger partial charge in [0.15, 0.2) is 5.96 Å². The molecule has 0 aliphatic carbocycles. The van der Waals surface area contributed by atoms with E-state index in [1.165, 1.54) is 24.3 Å². The molecular weight excluding hydrogens is 538 g/mol. The number of nitrogens with one attached hydrogen (secondary N) is 6. The number of aliphatic hydroxyl groups is 1. The minimum atomic E-state index is -1.42. The number of carbonyl (C=O) groups excluding carboxylic acids is 4. The molecule has 0 unspecified atom stereocenters. The van der Waals surface area contributed by atoms with E-state index in [0.717, 1.165) is 0 Å². The van der Waals surface area contributed by atoms with Gasteiger partial charge in [-0.1, -0.05) is 6.07 Å². The standard InChI is InChI=1S/C26H33N7O8/c27-26(28)32-18-4-1-3-16(13-18)24(39)30-15-22(36)33-20(14-23(37)38)25(40)31-17-6-8-19(9-7-17)41-12-2-5-21(35)29-10-11-34/h1,3-4,6-9,13,20,34H,2,5,10-12,14-15H2,(H,29,35)(H,30,39)(H,31,40)(H,33,36)(H,37,38)(H4,27,28,32)/t20-/m0/s1. The van der Waals surface area contributed by atoms with Crippen LogP contribution in [0.4, 0.5) is 11.4 Å². The first-order valence-electron chi connectivity index (χ1n) is 12.5. The van der Waals surface area contributed by atoms with Crippen molar-refractivity contribution >= 4 is 46.9 Å². The molecule has 0 fully saturated rings. The van der Waals surface area contributed by atoms with E-state index in [9.17, 15) is 29.1 Å². The number of amides is 4.